The van der Waals surface area contributed by atoms with Crippen LogP contribution < -0.4 is 4.74 Å². The number of carbonyl (C=O) groups is 2. The molecule has 1 aromatic heterocycles. The Bertz CT molecular complexity index is 1370. The van der Waals surface area contributed by atoms with Gasteiger partial charge >= 0.3 is 12.1 Å². The number of carboxylic acids is 1. The van der Waals surface area contributed by atoms with Crippen molar-refractivity contribution in [2.75, 3.05) is 6.54 Å². The van der Waals surface area contributed by atoms with Gasteiger partial charge in [0, 0.05) is 28.2 Å². The van der Waals surface area contributed by atoms with Crippen molar-refractivity contribution < 1.29 is 23.8 Å². The van der Waals surface area contributed by atoms with Crippen molar-refractivity contribution in [1.29, 1.82) is 0 Å². The molecule has 2 N–H and O–H groups in total. The number of aromatic nitrogens is 1. The van der Waals surface area contributed by atoms with Gasteiger partial charge in [-0.15, -0.1) is 0 Å². The van der Waals surface area contributed by atoms with Crippen LogP contribution in [0.15, 0.2) is 66.7 Å². The third kappa shape index (κ3) is 3.91. The second kappa shape index (κ2) is 8.26. The number of hydrogen-bond acceptors (Lipinski definition) is 3. The Hall–Kier alpha value is -3.84. The molecule has 166 valence electrons. The highest BCUT2D eigenvalue weighted by atomic mass is 35.5. The molecule has 4 aromatic rings. The Morgan fingerprint density at radius 2 is 1.79 bits per heavy atom. The second-order valence-electron chi connectivity index (χ2n) is 7.80. The number of rotatable bonds is 3. The van der Waals surface area contributed by atoms with Crippen LogP contribution in [0, 0.1) is 5.82 Å². The van der Waals surface area contributed by atoms with Crippen LogP contribution in [0.3, 0.4) is 0 Å². The molecule has 0 spiro atoms. The fraction of sp³-hybridized carbons (Fsp3) is 0.120. The summed E-state index contributed by atoms with van der Waals surface area (Å²) in [6.45, 7) is 0.373. The van der Waals surface area contributed by atoms with E-state index in [1.165, 1.54) is 36.4 Å². The molecule has 0 fully saturated rings. The predicted octanol–water partition coefficient (Wildman–Crippen LogP) is 5.81. The van der Waals surface area contributed by atoms with E-state index in [-0.39, 0.29) is 11.3 Å². The van der Waals surface area contributed by atoms with Gasteiger partial charge in [0.1, 0.15) is 17.6 Å². The molecule has 2 heterocycles. The van der Waals surface area contributed by atoms with Crippen molar-refractivity contribution in [3.63, 3.8) is 0 Å². The monoisotopic (exact) mass is 464 g/mol. The summed E-state index contributed by atoms with van der Waals surface area (Å²) in [7, 11) is 0. The number of ether oxygens (including phenoxy) is 1. The highest BCUT2D eigenvalue weighted by Gasteiger charge is 2.35. The molecule has 5 rings (SSSR count). The van der Waals surface area contributed by atoms with E-state index < -0.39 is 23.9 Å². The van der Waals surface area contributed by atoms with Crippen LogP contribution >= 0.6 is 11.6 Å². The number of aromatic carboxylic acids is 1. The van der Waals surface area contributed by atoms with Crippen molar-refractivity contribution in [3.05, 3.63) is 100.0 Å². The van der Waals surface area contributed by atoms with Crippen LogP contribution in [0.4, 0.5) is 9.18 Å². The minimum Gasteiger partial charge on any atom is -0.478 e. The maximum Gasteiger partial charge on any atom is 0.416 e. The summed E-state index contributed by atoms with van der Waals surface area (Å²) in [5.41, 5.74) is 3.64. The SMILES string of the molecule is O=C(O)c1ccc(C2c3[nH]c4ccc(Cl)cc4c3CCN2C(=O)Oc2ccc(F)cc2)cc1. The Labute approximate surface area is 193 Å². The van der Waals surface area contributed by atoms with E-state index in [1.54, 1.807) is 23.1 Å². The molecule has 0 bridgehead atoms. The maximum absolute atomic E-state index is 13.2. The Morgan fingerprint density at radius 1 is 1.06 bits per heavy atom. The average Bonchev–Trinajstić information content (AvgIpc) is 3.17. The first-order chi connectivity index (χ1) is 15.9. The molecular formula is C25H18ClFN2O4. The molecule has 0 radical (unpaired) electrons. The Balaban J connectivity index is 1.58. The molecule has 33 heavy (non-hydrogen) atoms. The second-order valence-corrected chi connectivity index (χ2v) is 8.24. The summed E-state index contributed by atoms with van der Waals surface area (Å²) in [4.78, 5) is 29.5. The van der Waals surface area contributed by atoms with E-state index >= 15 is 0 Å². The van der Waals surface area contributed by atoms with E-state index in [4.69, 9.17) is 16.3 Å². The largest absolute Gasteiger partial charge is 0.478 e. The summed E-state index contributed by atoms with van der Waals surface area (Å²) < 4.78 is 18.8. The van der Waals surface area contributed by atoms with E-state index in [0.717, 1.165) is 27.7 Å². The number of nitrogens with one attached hydrogen (secondary N) is 1. The highest BCUT2D eigenvalue weighted by molar-refractivity contribution is 6.31. The summed E-state index contributed by atoms with van der Waals surface area (Å²) in [6.07, 6.45) is -0.00555. The van der Waals surface area contributed by atoms with Gasteiger partial charge in [0.15, 0.2) is 0 Å². The van der Waals surface area contributed by atoms with Gasteiger partial charge < -0.3 is 14.8 Å². The van der Waals surface area contributed by atoms with Crippen LogP contribution in [0.2, 0.25) is 5.02 Å². The molecule has 0 aliphatic carbocycles. The fourth-order valence-electron chi connectivity index (χ4n) is 4.27. The molecule has 1 unspecified atom stereocenters. The lowest BCUT2D eigenvalue weighted by atomic mass is 9.92. The van der Waals surface area contributed by atoms with Crippen molar-refractivity contribution >= 4 is 34.6 Å². The molecule has 6 nitrogen and oxygen atoms in total. The van der Waals surface area contributed by atoms with Gasteiger partial charge in [0.2, 0.25) is 0 Å². The van der Waals surface area contributed by atoms with E-state index in [0.29, 0.717) is 18.0 Å². The number of amides is 1. The summed E-state index contributed by atoms with van der Waals surface area (Å²) >= 11 is 6.22. The summed E-state index contributed by atoms with van der Waals surface area (Å²) in [5.74, 6) is -1.22. The summed E-state index contributed by atoms with van der Waals surface area (Å²) in [5, 5.41) is 10.9. The van der Waals surface area contributed by atoms with E-state index in [2.05, 4.69) is 4.98 Å². The van der Waals surface area contributed by atoms with Crippen LogP contribution in [0.25, 0.3) is 10.9 Å². The Morgan fingerprint density at radius 3 is 2.48 bits per heavy atom. The average molecular weight is 465 g/mol. The van der Waals surface area contributed by atoms with Crippen LogP contribution in [-0.2, 0) is 6.42 Å². The maximum atomic E-state index is 13.2. The highest BCUT2D eigenvalue weighted by Crippen LogP contribution is 2.39. The zero-order chi connectivity index (χ0) is 23.1. The topological polar surface area (TPSA) is 82.6 Å². The summed E-state index contributed by atoms with van der Waals surface area (Å²) in [6, 6.07) is 16.7. The lowest BCUT2D eigenvalue weighted by molar-refractivity contribution is 0.0696. The van der Waals surface area contributed by atoms with Crippen LogP contribution in [-0.4, -0.2) is 33.6 Å². The third-order valence-corrected chi connectivity index (χ3v) is 6.05. The molecule has 3 aromatic carbocycles. The molecular weight excluding hydrogens is 447 g/mol. The van der Waals surface area contributed by atoms with Crippen molar-refractivity contribution in [2.45, 2.75) is 12.5 Å². The normalized spacial score (nSPS) is 15.3. The van der Waals surface area contributed by atoms with Gasteiger partial charge in [0.05, 0.1) is 5.56 Å². The zero-order valence-electron chi connectivity index (χ0n) is 17.2. The molecule has 0 saturated carbocycles. The molecule has 1 aliphatic heterocycles. The third-order valence-electron chi connectivity index (χ3n) is 5.82. The predicted molar refractivity (Wildman–Crippen MR) is 121 cm³/mol. The van der Waals surface area contributed by atoms with Gasteiger partial charge in [0.25, 0.3) is 0 Å². The number of H-pyrrole nitrogens is 1. The number of aromatic amines is 1. The first-order valence-electron chi connectivity index (χ1n) is 10.3. The zero-order valence-corrected chi connectivity index (χ0v) is 18.0. The molecule has 1 aliphatic rings. The number of nitrogens with zero attached hydrogens (tertiary/aromatic N) is 1. The molecule has 8 heteroatoms. The van der Waals surface area contributed by atoms with Gasteiger partial charge in [-0.2, -0.15) is 0 Å². The smallest absolute Gasteiger partial charge is 0.416 e. The van der Waals surface area contributed by atoms with Crippen LogP contribution in [0.1, 0.15) is 33.2 Å². The van der Waals surface area contributed by atoms with E-state index in [1.807, 2.05) is 12.1 Å². The number of fused-ring (bicyclic) bond motifs is 3. The number of hydrogen-bond donors (Lipinski definition) is 2. The minimum atomic E-state index is -1.03. The van der Waals surface area contributed by atoms with Gasteiger partial charge in [-0.05, 0) is 72.1 Å². The fourth-order valence-corrected chi connectivity index (χ4v) is 4.45. The minimum absolute atomic E-state index is 0.152. The first kappa shape index (κ1) is 21.0. The van der Waals surface area contributed by atoms with Gasteiger partial charge in [-0.1, -0.05) is 23.7 Å². The number of carbonyl (C=O) groups excluding carboxylic acids is 1. The van der Waals surface area contributed by atoms with E-state index in [9.17, 15) is 19.1 Å². The van der Waals surface area contributed by atoms with Gasteiger partial charge in [-0.3, -0.25) is 4.90 Å². The number of halogens is 2. The molecule has 1 amide bonds. The first-order valence-corrected chi connectivity index (χ1v) is 10.7. The quantitative estimate of drug-likeness (QED) is 0.401. The Kier molecular flexibility index (Phi) is 5.26. The lowest BCUT2D eigenvalue weighted by Crippen LogP contribution is -2.42. The number of benzene rings is 3. The molecule has 0 saturated heterocycles. The standard InChI is InChI=1S/C25H18ClFN2O4/c26-16-5-10-21-20(13-16)19-11-12-29(25(32)33-18-8-6-17(27)7-9-18)23(22(19)28-21)14-1-3-15(4-2-14)24(30)31/h1-10,13,23,28H,11-12H2,(H,30,31). The number of carboxylic acid groups (broad SMARTS) is 1. The van der Waals surface area contributed by atoms with Crippen molar-refractivity contribution in [2.24, 2.45) is 0 Å². The van der Waals surface area contributed by atoms with Crippen LogP contribution in [0.5, 0.6) is 5.75 Å². The van der Waals surface area contributed by atoms with Crippen molar-refractivity contribution in [3.8, 4) is 5.75 Å². The van der Waals surface area contributed by atoms with Crippen molar-refractivity contribution in [1.82, 2.24) is 9.88 Å². The lowest BCUT2D eigenvalue weighted by Gasteiger charge is -2.35. The molecule has 1 atom stereocenters. The van der Waals surface area contributed by atoms with Gasteiger partial charge in [-0.25, -0.2) is 14.0 Å².